The Hall–Kier alpha value is -6.97. The molecule has 2 aromatic heterocycles. The number of esters is 1. The van der Waals surface area contributed by atoms with Gasteiger partial charge in [0.05, 0.1) is 21.2 Å². The quantitative estimate of drug-likeness (QED) is 0.0557. The van der Waals surface area contributed by atoms with Crippen molar-refractivity contribution in [3.8, 4) is 33.8 Å². The molecule has 2 aliphatic heterocycles. The van der Waals surface area contributed by atoms with Crippen molar-refractivity contribution in [3.05, 3.63) is 131 Å². The second kappa shape index (κ2) is 23.1. The van der Waals surface area contributed by atoms with E-state index in [9.17, 15) is 54.6 Å². The molecule has 2 amide bonds. The van der Waals surface area contributed by atoms with E-state index >= 15 is 8.78 Å². The van der Waals surface area contributed by atoms with Gasteiger partial charge in [-0.25, -0.2) is 42.3 Å². The predicted octanol–water partition coefficient (Wildman–Crippen LogP) is 6.79. The zero-order valence-electron chi connectivity index (χ0n) is 38.3. The number of alkyl halides is 6. The normalized spacial score (nSPS) is 13.8. The van der Waals surface area contributed by atoms with E-state index in [1.54, 1.807) is 0 Å². The first-order chi connectivity index (χ1) is 34.0. The molecule has 0 bridgehead atoms. The molecule has 0 atom stereocenters. The Balaban J connectivity index is 0.000000268. The fraction of sp³-hybridized carbons (Fsp3) is 0.213. The molecule has 74 heavy (non-hydrogen) atoms. The van der Waals surface area contributed by atoms with Crippen LogP contribution in [-0.4, -0.2) is 110 Å². The van der Waals surface area contributed by atoms with Gasteiger partial charge < -0.3 is 34.9 Å². The number of fused-ring (bicyclic) bond motifs is 2. The van der Waals surface area contributed by atoms with E-state index in [2.05, 4.69) is 39.7 Å². The Bertz CT molecular complexity index is 3190. The van der Waals surface area contributed by atoms with Crippen LogP contribution in [0.1, 0.15) is 11.6 Å². The molecule has 27 heteroatoms. The van der Waals surface area contributed by atoms with E-state index in [-0.39, 0.29) is 121 Å². The van der Waals surface area contributed by atoms with Crippen LogP contribution >= 0.6 is 23.2 Å². The minimum Gasteiger partial charge on any atom is -0.870 e. The molecule has 6 aromatic rings. The maximum Gasteiger partial charge on any atom is 1.00 e. The zero-order chi connectivity index (χ0) is 52.6. The summed E-state index contributed by atoms with van der Waals surface area (Å²) in [4.78, 5) is 55.3. The summed E-state index contributed by atoms with van der Waals surface area (Å²) in [5, 5.41) is 9.05. The molecular weight excluding hydrogens is 1040 g/mol. The van der Waals surface area contributed by atoms with Crippen molar-refractivity contribution in [2.75, 3.05) is 62.2 Å². The van der Waals surface area contributed by atoms with Gasteiger partial charge in [-0.3, -0.25) is 9.59 Å². The summed E-state index contributed by atoms with van der Waals surface area (Å²) in [7, 11) is 0. The molecule has 0 aliphatic carbocycles. The Morgan fingerprint density at radius 3 is 1.36 bits per heavy atom. The van der Waals surface area contributed by atoms with Crippen molar-refractivity contribution in [2.45, 2.75) is 12.4 Å². The number of benzene rings is 4. The second-order valence-electron chi connectivity index (χ2n) is 15.5. The van der Waals surface area contributed by atoms with E-state index in [1.165, 1.54) is 31.7 Å². The fourth-order valence-corrected chi connectivity index (χ4v) is 8.40. The number of phenolic OH excluding ortho intramolecular Hbond substituents is 1. The van der Waals surface area contributed by atoms with Crippen molar-refractivity contribution in [1.29, 1.82) is 0 Å². The van der Waals surface area contributed by atoms with Gasteiger partial charge >= 0.3 is 37.2 Å². The van der Waals surface area contributed by atoms with Crippen molar-refractivity contribution in [1.82, 2.24) is 29.7 Å². The topological polar surface area (TPSA) is 175 Å². The van der Waals surface area contributed by atoms with Crippen LogP contribution in [0.2, 0.25) is 10.0 Å². The first-order valence-electron chi connectivity index (χ1n) is 21.0. The molecule has 2 N–H and O–H groups in total. The standard InChI is InChI=1S/C25H18ClF5N4O3.C22H16ClF5N4O2.Li.H2O/c1-3-17(36)34-8-10-35(11-9-34)23-13-12-14(26)19(21(28)22(13)32-24(33-23)25(29,30)31)20-15(27)6-5-7-16(20)38-18(37)4-2;1-2-15(34)31-6-8-32(9-7-31)20-11-10-12(23)16(17-13(24)4-3-5-14(17)33)18(25)19(11)29-21(30-20)22(26,27)28;;/h3-7,12H,1-2,8-11H2;2-5,10,33H,1,6-9H2;;1H2/q;;+1;/p-1. The molecule has 4 aromatic carbocycles. The summed E-state index contributed by atoms with van der Waals surface area (Å²) >= 11 is 12.6. The fourth-order valence-electron chi connectivity index (χ4n) is 7.83. The number of ether oxygens (including phenoxy) is 1. The van der Waals surface area contributed by atoms with Gasteiger partial charge in [0.2, 0.25) is 23.5 Å². The van der Waals surface area contributed by atoms with Crippen LogP contribution in [0.4, 0.5) is 55.5 Å². The zero-order valence-corrected chi connectivity index (χ0v) is 39.8. The number of aromatic nitrogens is 4. The van der Waals surface area contributed by atoms with Crippen LogP contribution in [0.3, 0.4) is 0 Å². The molecule has 8 rings (SSSR count). The first kappa shape index (κ1) is 57.9. The summed E-state index contributed by atoms with van der Waals surface area (Å²) in [5.41, 5.74) is -3.96. The first-order valence-corrected chi connectivity index (χ1v) is 21.7. The monoisotopic (exact) mass is 1070 g/mol. The third kappa shape index (κ3) is 11.7. The number of rotatable bonds is 8. The Labute approximate surface area is 434 Å². The van der Waals surface area contributed by atoms with Gasteiger partial charge in [0, 0.05) is 80.3 Å². The minimum absolute atomic E-state index is 0. The average molecular weight is 1080 g/mol. The van der Waals surface area contributed by atoms with E-state index < -0.39 is 98.0 Å². The molecule has 384 valence electrons. The summed E-state index contributed by atoms with van der Waals surface area (Å²) in [6, 6.07) is 8.78. The number of hydrogen-bond acceptors (Lipinski definition) is 12. The molecule has 0 unspecified atom stereocenters. The predicted molar refractivity (Wildman–Crippen MR) is 247 cm³/mol. The van der Waals surface area contributed by atoms with E-state index in [1.807, 2.05) is 0 Å². The summed E-state index contributed by atoms with van der Waals surface area (Å²) in [6.45, 7) is 11.1. The number of phenols is 1. The second-order valence-corrected chi connectivity index (χ2v) is 16.3. The van der Waals surface area contributed by atoms with Crippen molar-refractivity contribution < 1.29 is 92.5 Å². The Kier molecular flexibility index (Phi) is 18.1. The van der Waals surface area contributed by atoms with Gasteiger partial charge in [-0.15, -0.1) is 0 Å². The number of aromatic hydroxyl groups is 1. The van der Waals surface area contributed by atoms with Gasteiger partial charge in [-0.05, 0) is 48.6 Å². The summed E-state index contributed by atoms with van der Waals surface area (Å²) in [6.07, 6.45) is -7.00. The third-order valence-corrected chi connectivity index (χ3v) is 11.8. The van der Waals surface area contributed by atoms with Crippen LogP contribution in [0.25, 0.3) is 44.1 Å². The number of amides is 2. The number of carbonyl (C=O) groups excluding carboxylic acids is 3. The van der Waals surface area contributed by atoms with Crippen molar-refractivity contribution >= 4 is 74.4 Å². The van der Waals surface area contributed by atoms with Gasteiger partial charge in [0.1, 0.15) is 45.8 Å². The van der Waals surface area contributed by atoms with E-state index in [4.69, 9.17) is 27.9 Å². The van der Waals surface area contributed by atoms with Gasteiger partial charge in [0.15, 0.2) is 11.6 Å². The molecule has 14 nitrogen and oxygen atoms in total. The Morgan fingerprint density at radius 2 is 0.986 bits per heavy atom. The minimum atomic E-state index is -5.04. The maximum absolute atomic E-state index is 16.0. The van der Waals surface area contributed by atoms with Crippen molar-refractivity contribution in [2.24, 2.45) is 0 Å². The number of carbonyl (C=O) groups is 3. The Morgan fingerprint density at radius 1 is 0.595 bits per heavy atom. The van der Waals surface area contributed by atoms with Gasteiger partial charge in [0.25, 0.3) is 0 Å². The molecule has 0 saturated carbocycles. The SMILES string of the molecule is C=CC(=O)N1CCN(c2nc(C(F)(F)F)nc3c(F)c(-c4c(O)cccc4F)c(Cl)cc23)CC1.C=CC(=O)Oc1cccc(F)c1-c1c(Cl)cc2c(N3CCN(C(=O)C=C)CC3)nc(C(F)(F)F)nc2c1F.[Li+].[OH-]. The maximum atomic E-state index is 16.0. The summed E-state index contributed by atoms with van der Waals surface area (Å²) in [5.74, 6) is -11.2. The van der Waals surface area contributed by atoms with Crippen molar-refractivity contribution in [3.63, 3.8) is 0 Å². The van der Waals surface area contributed by atoms with Crippen LogP contribution in [-0.2, 0) is 26.7 Å². The van der Waals surface area contributed by atoms with Gasteiger partial charge in [-0.2, -0.15) is 26.3 Å². The van der Waals surface area contributed by atoms with E-state index in [0.717, 1.165) is 54.6 Å². The summed E-state index contributed by atoms with van der Waals surface area (Å²) < 4.78 is 148. The molecule has 2 saturated heterocycles. The number of piperazine rings is 2. The molecule has 2 fully saturated rings. The molecular formula is C47H35Cl2F10LiN8O6. The van der Waals surface area contributed by atoms with Crippen LogP contribution < -0.4 is 33.4 Å². The largest absolute Gasteiger partial charge is 1.00 e. The molecule has 0 radical (unpaired) electrons. The number of hydrogen-bond donors (Lipinski definition) is 1. The average Bonchev–Trinajstić information content (AvgIpc) is 3.34. The third-order valence-electron chi connectivity index (χ3n) is 11.2. The molecule has 0 spiro atoms. The molecule has 2 aliphatic rings. The smallest absolute Gasteiger partial charge is 0.870 e. The van der Waals surface area contributed by atoms with Crippen LogP contribution in [0, 0.1) is 23.3 Å². The van der Waals surface area contributed by atoms with Gasteiger partial charge in [-0.1, -0.05) is 55.1 Å². The van der Waals surface area contributed by atoms with E-state index in [0.29, 0.717) is 0 Å². The van der Waals surface area contributed by atoms with Crippen LogP contribution in [0.15, 0.2) is 86.5 Å². The number of nitrogens with zero attached hydrogens (tertiary/aromatic N) is 8. The number of anilines is 2. The van der Waals surface area contributed by atoms with Crippen LogP contribution in [0.5, 0.6) is 11.5 Å². The number of halogens is 12. The molecule has 4 heterocycles.